The van der Waals surface area contributed by atoms with E-state index in [0.29, 0.717) is 0 Å². The van der Waals surface area contributed by atoms with Gasteiger partial charge in [0.1, 0.15) is 0 Å². The summed E-state index contributed by atoms with van der Waals surface area (Å²) in [4.78, 5) is 0. The third-order valence-electron chi connectivity index (χ3n) is 5.56. The fourth-order valence-electron chi connectivity index (χ4n) is 4.24. The van der Waals surface area contributed by atoms with Gasteiger partial charge in [0.25, 0.3) is 0 Å². The summed E-state index contributed by atoms with van der Waals surface area (Å²) in [6, 6.07) is 37.0. The molecule has 0 saturated carbocycles. The van der Waals surface area contributed by atoms with Gasteiger partial charge in [-0.3, -0.25) is 0 Å². The Bertz CT molecular complexity index is 975. The molecule has 0 saturated heterocycles. The van der Waals surface area contributed by atoms with Gasteiger partial charge < -0.3 is 0 Å². The predicted molar refractivity (Wildman–Crippen MR) is 144 cm³/mol. The summed E-state index contributed by atoms with van der Waals surface area (Å²) < 4.78 is 6.08. The van der Waals surface area contributed by atoms with Gasteiger partial charge >= 0.3 is 180 Å². The first-order valence-electron chi connectivity index (χ1n) is 10.2. The summed E-state index contributed by atoms with van der Waals surface area (Å²) in [5, 5.41) is 0. The third-order valence-corrected chi connectivity index (χ3v) is 21.9. The minimum absolute atomic E-state index is 0. The van der Waals surface area contributed by atoms with Gasteiger partial charge in [-0.15, -0.1) is 24.0 Å². The van der Waals surface area contributed by atoms with Gasteiger partial charge in [0.05, 0.1) is 0 Å². The predicted octanol–water partition coefficient (Wildman–Crippen LogP) is 4.92. The van der Waals surface area contributed by atoms with E-state index < -0.39 is 20.3 Å². The van der Waals surface area contributed by atoms with Crippen LogP contribution in [0.25, 0.3) is 0 Å². The van der Waals surface area contributed by atoms with Crippen molar-refractivity contribution in [3.05, 3.63) is 119 Å². The molecule has 0 aliphatic carbocycles. The molecule has 0 unspecified atom stereocenters. The molecule has 0 fully saturated rings. The average molecular weight is 701 g/mol. The van der Waals surface area contributed by atoms with Crippen LogP contribution in [0.1, 0.15) is 22.3 Å². The van der Waals surface area contributed by atoms with Crippen LogP contribution >= 0.6 is 24.0 Å². The zero-order valence-corrected chi connectivity index (χ0v) is 23.9. The molecule has 30 heavy (non-hydrogen) atoms. The van der Waals surface area contributed by atoms with Crippen molar-refractivity contribution in [3.8, 4) is 0 Å². The van der Waals surface area contributed by atoms with Crippen LogP contribution in [0.3, 0.4) is 0 Å². The normalized spacial score (nSPS) is 11.1. The van der Waals surface area contributed by atoms with Gasteiger partial charge in [0.2, 0.25) is 0 Å². The fourth-order valence-corrected chi connectivity index (χ4v) is 22.2. The van der Waals surface area contributed by atoms with Crippen LogP contribution < -0.4 is 13.1 Å². The van der Waals surface area contributed by atoms with E-state index in [0.717, 1.165) is 0 Å². The minimum atomic E-state index is -3.56. The minimum Gasteiger partial charge on any atom is -0.107 e. The Morgan fingerprint density at radius 3 is 0.833 bits per heavy atom. The van der Waals surface area contributed by atoms with Crippen molar-refractivity contribution in [2.75, 3.05) is 0 Å². The molecule has 4 rings (SSSR count). The number of rotatable bonds is 4. The standard InChI is InChI=1S/4C7H7.Bi.HI/c4*1-7-5-3-2-4-6-7;;/h4*2-3,5-6H,1H3;;1H. The summed E-state index contributed by atoms with van der Waals surface area (Å²) in [7, 11) is 0. The molecule has 1 radical (unpaired) electrons. The van der Waals surface area contributed by atoms with Crippen molar-refractivity contribution in [1.29, 1.82) is 0 Å². The van der Waals surface area contributed by atoms with Gasteiger partial charge in [-0.25, -0.2) is 0 Å². The summed E-state index contributed by atoms with van der Waals surface area (Å²) in [5.74, 6) is 0. The summed E-state index contributed by atoms with van der Waals surface area (Å²) >= 11 is -3.56. The molecule has 4 aromatic rings. The molecule has 0 nitrogen and oxygen atoms in total. The summed E-state index contributed by atoms with van der Waals surface area (Å²) in [6.45, 7) is 8.85. The molecule has 0 aliphatic rings. The Hall–Kier alpha value is -1.51. The van der Waals surface area contributed by atoms with Crippen LogP contribution in [-0.4, -0.2) is 20.3 Å². The zero-order chi connectivity index (χ0) is 20.4. The van der Waals surface area contributed by atoms with Crippen LogP contribution in [0.2, 0.25) is 0 Å². The van der Waals surface area contributed by atoms with Crippen LogP contribution in [0.15, 0.2) is 97.1 Å². The Labute approximate surface area is 202 Å². The molecule has 0 N–H and O–H groups in total. The SMILES string of the molecule is Cc1ccc[c]([Bi]([c]2cccc(C)c2)([c]2cccc(C)c2)[c]2cccc(C)c2)c1.I. The number of hydrogen-bond acceptors (Lipinski definition) is 0. The Kier molecular flexibility index (Phi) is 7.53. The monoisotopic (exact) mass is 701 g/mol. The first kappa shape index (κ1) is 23.2. The molecule has 153 valence electrons. The van der Waals surface area contributed by atoms with E-state index in [1.54, 1.807) is 0 Å². The number of hydrogen-bond donors (Lipinski definition) is 0. The number of aryl methyl sites for hydroxylation is 4. The molecular formula is C28H29BiI. The maximum Gasteiger partial charge on any atom is -0.107 e. The quantitative estimate of drug-likeness (QED) is 0.210. The van der Waals surface area contributed by atoms with Gasteiger partial charge in [0, 0.05) is 0 Å². The maximum atomic E-state index is 2.44. The van der Waals surface area contributed by atoms with Crippen LogP contribution in [0.5, 0.6) is 0 Å². The second-order valence-electron chi connectivity index (χ2n) is 8.03. The largest absolute Gasteiger partial charge is 0.107 e. The van der Waals surface area contributed by atoms with Gasteiger partial charge in [-0.05, 0) is 0 Å². The molecule has 0 atom stereocenters. The molecular weight excluding hydrogens is 672 g/mol. The van der Waals surface area contributed by atoms with E-state index in [1.807, 2.05) is 0 Å². The van der Waals surface area contributed by atoms with Crippen LogP contribution in [0, 0.1) is 27.7 Å². The topological polar surface area (TPSA) is 0 Å². The molecule has 0 aromatic heterocycles. The number of benzene rings is 4. The van der Waals surface area contributed by atoms with Gasteiger partial charge in [-0.1, -0.05) is 0 Å². The van der Waals surface area contributed by atoms with E-state index in [9.17, 15) is 0 Å². The van der Waals surface area contributed by atoms with E-state index in [1.165, 1.54) is 35.3 Å². The Morgan fingerprint density at radius 2 is 0.633 bits per heavy atom. The van der Waals surface area contributed by atoms with Crippen LogP contribution in [0.4, 0.5) is 0 Å². The van der Waals surface area contributed by atoms with E-state index in [2.05, 4.69) is 125 Å². The smallest absolute Gasteiger partial charge is 0.107 e. The van der Waals surface area contributed by atoms with Gasteiger partial charge in [0.15, 0.2) is 0 Å². The van der Waals surface area contributed by atoms with Crippen molar-refractivity contribution >= 4 is 57.3 Å². The first-order chi connectivity index (χ1) is 14.0. The van der Waals surface area contributed by atoms with Crippen molar-refractivity contribution in [1.82, 2.24) is 0 Å². The van der Waals surface area contributed by atoms with Crippen LogP contribution in [-0.2, 0) is 0 Å². The Balaban J connectivity index is 0.00000256. The van der Waals surface area contributed by atoms with Crippen molar-refractivity contribution < 1.29 is 0 Å². The molecule has 4 aromatic carbocycles. The van der Waals surface area contributed by atoms with Crippen molar-refractivity contribution in [2.45, 2.75) is 27.7 Å². The third kappa shape index (κ3) is 4.41. The molecule has 0 bridgehead atoms. The Morgan fingerprint density at radius 1 is 0.400 bits per heavy atom. The first-order valence-corrected chi connectivity index (χ1v) is 17.1. The van der Waals surface area contributed by atoms with E-state index in [-0.39, 0.29) is 24.0 Å². The summed E-state index contributed by atoms with van der Waals surface area (Å²) in [5.41, 5.74) is 5.33. The van der Waals surface area contributed by atoms with Crippen molar-refractivity contribution in [2.24, 2.45) is 0 Å². The molecule has 0 spiro atoms. The molecule has 2 heteroatoms. The molecule has 0 amide bonds. The van der Waals surface area contributed by atoms with E-state index in [4.69, 9.17) is 0 Å². The van der Waals surface area contributed by atoms with Gasteiger partial charge in [-0.2, -0.15) is 0 Å². The summed E-state index contributed by atoms with van der Waals surface area (Å²) in [6.07, 6.45) is 0. The van der Waals surface area contributed by atoms with E-state index >= 15 is 0 Å². The molecule has 0 heterocycles. The van der Waals surface area contributed by atoms with Crippen molar-refractivity contribution in [3.63, 3.8) is 0 Å². The molecule has 0 aliphatic heterocycles. The maximum absolute atomic E-state index is 3.56. The fraction of sp³-hybridized carbons (Fsp3) is 0.143. The number of halogens is 1. The second kappa shape index (κ2) is 9.75. The zero-order valence-electron chi connectivity index (χ0n) is 18.1. The average Bonchev–Trinajstić information content (AvgIpc) is 2.69. The second-order valence-corrected chi connectivity index (χ2v) is 21.3.